The van der Waals surface area contributed by atoms with Crippen LogP contribution in [0.5, 0.6) is 0 Å². The van der Waals surface area contributed by atoms with Gasteiger partial charge in [-0.3, -0.25) is 0 Å². The molecule has 0 aliphatic heterocycles. The van der Waals surface area contributed by atoms with Crippen LogP contribution < -0.4 is 5.32 Å². The highest BCUT2D eigenvalue weighted by Crippen LogP contribution is 2.28. The molecule has 0 amide bonds. The molecule has 0 bridgehead atoms. The summed E-state index contributed by atoms with van der Waals surface area (Å²) in [6, 6.07) is 7.55. The van der Waals surface area contributed by atoms with Crippen LogP contribution in [0.4, 0.5) is 14.5 Å². The SMILES string of the molecule is N#Cc1ccc(CNc2c(F)cc(F)cc2Br)s1. The van der Waals surface area contributed by atoms with Crippen LogP contribution >= 0.6 is 27.3 Å². The van der Waals surface area contributed by atoms with E-state index in [9.17, 15) is 8.78 Å². The number of rotatable bonds is 3. The van der Waals surface area contributed by atoms with Crippen LogP contribution in [0.25, 0.3) is 0 Å². The van der Waals surface area contributed by atoms with Gasteiger partial charge < -0.3 is 5.32 Å². The van der Waals surface area contributed by atoms with Crippen molar-refractivity contribution in [3.63, 3.8) is 0 Å². The van der Waals surface area contributed by atoms with Gasteiger partial charge in [-0.15, -0.1) is 11.3 Å². The van der Waals surface area contributed by atoms with Gasteiger partial charge in [0.15, 0.2) is 0 Å². The largest absolute Gasteiger partial charge is 0.377 e. The average Bonchev–Trinajstić information content (AvgIpc) is 2.75. The lowest BCUT2D eigenvalue weighted by Crippen LogP contribution is -2.01. The second-order valence-electron chi connectivity index (χ2n) is 3.48. The third-order valence-corrected chi connectivity index (χ3v) is 3.83. The standard InChI is InChI=1S/C12H7BrF2N2S/c13-10-3-7(14)4-11(15)12(10)17-6-9-2-1-8(5-16)18-9/h1-4,17H,6H2. The number of hydrogen-bond acceptors (Lipinski definition) is 3. The highest BCUT2D eigenvalue weighted by atomic mass is 79.9. The minimum atomic E-state index is -0.654. The van der Waals surface area contributed by atoms with E-state index in [1.807, 2.05) is 6.07 Å². The Hall–Kier alpha value is -1.45. The fraction of sp³-hybridized carbons (Fsp3) is 0.0833. The number of benzene rings is 1. The summed E-state index contributed by atoms with van der Waals surface area (Å²) in [5, 5.41) is 11.6. The maximum Gasteiger partial charge on any atom is 0.150 e. The summed E-state index contributed by atoms with van der Waals surface area (Å²) >= 11 is 4.43. The summed E-state index contributed by atoms with van der Waals surface area (Å²) < 4.78 is 26.7. The second kappa shape index (κ2) is 5.46. The van der Waals surface area contributed by atoms with Crippen LogP contribution in [0, 0.1) is 23.0 Å². The van der Waals surface area contributed by atoms with Gasteiger partial charge in [-0.2, -0.15) is 5.26 Å². The van der Waals surface area contributed by atoms with E-state index >= 15 is 0 Å². The van der Waals surface area contributed by atoms with Gasteiger partial charge in [0, 0.05) is 22.0 Å². The molecule has 1 N–H and O–H groups in total. The molecular formula is C12H7BrF2N2S. The molecule has 92 valence electrons. The molecule has 0 fully saturated rings. The first-order chi connectivity index (χ1) is 8.60. The normalized spacial score (nSPS) is 10.1. The molecule has 0 spiro atoms. The van der Waals surface area contributed by atoms with Crippen molar-refractivity contribution in [1.29, 1.82) is 5.26 Å². The number of thiophene rings is 1. The topological polar surface area (TPSA) is 35.8 Å². The number of nitrogens with zero attached hydrogens (tertiary/aromatic N) is 1. The van der Waals surface area contributed by atoms with Gasteiger partial charge in [0.05, 0.1) is 5.69 Å². The van der Waals surface area contributed by atoms with Crippen LogP contribution in [0.1, 0.15) is 9.75 Å². The molecule has 0 saturated heterocycles. The number of halogens is 3. The summed E-state index contributed by atoms with van der Waals surface area (Å²) in [4.78, 5) is 1.51. The van der Waals surface area contributed by atoms with Crippen LogP contribution in [-0.2, 0) is 6.54 Å². The van der Waals surface area contributed by atoms with Crippen LogP contribution in [-0.4, -0.2) is 0 Å². The Morgan fingerprint density at radius 2 is 2.11 bits per heavy atom. The zero-order valence-electron chi connectivity index (χ0n) is 9.01. The molecule has 18 heavy (non-hydrogen) atoms. The molecule has 1 aromatic heterocycles. The van der Waals surface area contributed by atoms with Gasteiger partial charge in [-0.1, -0.05) is 0 Å². The maximum atomic E-state index is 13.5. The highest BCUT2D eigenvalue weighted by Gasteiger charge is 2.09. The Balaban J connectivity index is 2.13. The molecule has 0 atom stereocenters. The Kier molecular flexibility index (Phi) is 3.94. The third kappa shape index (κ3) is 2.86. The lowest BCUT2D eigenvalue weighted by molar-refractivity contribution is 0.583. The summed E-state index contributed by atoms with van der Waals surface area (Å²) in [5.74, 6) is -1.29. The fourth-order valence-electron chi connectivity index (χ4n) is 1.42. The van der Waals surface area contributed by atoms with Gasteiger partial charge in [0.25, 0.3) is 0 Å². The predicted octanol–water partition coefficient (Wildman–Crippen LogP) is 4.27. The number of anilines is 1. The van der Waals surface area contributed by atoms with E-state index < -0.39 is 11.6 Å². The van der Waals surface area contributed by atoms with Crippen LogP contribution in [0.15, 0.2) is 28.7 Å². The van der Waals surface area contributed by atoms with E-state index in [2.05, 4.69) is 21.2 Å². The molecule has 2 rings (SSSR count). The lowest BCUT2D eigenvalue weighted by atomic mass is 10.3. The Labute approximate surface area is 115 Å². The van der Waals surface area contributed by atoms with Crippen molar-refractivity contribution in [3.05, 3.63) is 50.1 Å². The first kappa shape index (κ1) is 13.0. The summed E-state index contributed by atoms with van der Waals surface area (Å²) in [5.41, 5.74) is 0.211. The minimum absolute atomic E-state index is 0.211. The van der Waals surface area contributed by atoms with Gasteiger partial charge in [0.2, 0.25) is 0 Å². The van der Waals surface area contributed by atoms with Crippen molar-refractivity contribution in [3.8, 4) is 6.07 Å². The summed E-state index contributed by atoms with van der Waals surface area (Å²) in [6.45, 7) is 0.382. The lowest BCUT2D eigenvalue weighted by Gasteiger charge is -2.08. The predicted molar refractivity (Wildman–Crippen MR) is 70.4 cm³/mol. The highest BCUT2D eigenvalue weighted by molar-refractivity contribution is 9.10. The Bertz CT molecular complexity index is 596. The molecule has 2 nitrogen and oxygen atoms in total. The Morgan fingerprint density at radius 3 is 2.72 bits per heavy atom. The van der Waals surface area contributed by atoms with E-state index in [4.69, 9.17) is 5.26 Å². The maximum absolute atomic E-state index is 13.5. The van der Waals surface area contributed by atoms with E-state index in [1.54, 1.807) is 12.1 Å². The van der Waals surface area contributed by atoms with E-state index in [0.29, 0.717) is 15.9 Å². The molecule has 0 aliphatic carbocycles. The van der Waals surface area contributed by atoms with Crippen LogP contribution in [0.2, 0.25) is 0 Å². The summed E-state index contributed by atoms with van der Waals surface area (Å²) in [6.07, 6.45) is 0. The number of nitrogens with one attached hydrogen (secondary N) is 1. The quantitative estimate of drug-likeness (QED) is 0.913. The number of nitriles is 1. The van der Waals surface area contributed by atoms with Crippen molar-refractivity contribution in [1.82, 2.24) is 0 Å². The molecule has 1 heterocycles. The van der Waals surface area contributed by atoms with Gasteiger partial charge >= 0.3 is 0 Å². The molecule has 0 aliphatic rings. The molecule has 0 unspecified atom stereocenters. The van der Waals surface area contributed by atoms with Gasteiger partial charge in [-0.05, 0) is 34.1 Å². The zero-order chi connectivity index (χ0) is 13.1. The molecule has 6 heteroatoms. The first-order valence-electron chi connectivity index (χ1n) is 4.97. The number of hydrogen-bond donors (Lipinski definition) is 1. The third-order valence-electron chi connectivity index (χ3n) is 2.22. The van der Waals surface area contributed by atoms with E-state index in [-0.39, 0.29) is 5.69 Å². The molecule has 0 radical (unpaired) electrons. The fourth-order valence-corrected chi connectivity index (χ4v) is 2.71. The molecule has 1 aromatic carbocycles. The summed E-state index contributed by atoms with van der Waals surface area (Å²) in [7, 11) is 0. The smallest absolute Gasteiger partial charge is 0.150 e. The zero-order valence-corrected chi connectivity index (χ0v) is 11.4. The van der Waals surface area contributed by atoms with Crippen molar-refractivity contribution >= 4 is 33.0 Å². The monoisotopic (exact) mass is 328 g/mol. The van der Waals surface area contributed by atoms with Crippen molar-refractivity contribution < 1.29 is 8.78 Å². The van der Waals surface area contributed by atoms with Crippen molar-refractivity contribution in [2.75, 3.05) is 5.32 Å². The van der Waals surface area contributed by atoms with E-state index in [0.717, 1.165) is 10.9 Å². The second-order valence-corrected chi connectivity index (χ2v) is 5.50. The minimum Gasteiger partial charge on any atom is -0.377 e. The van der Waals surface area contributed by atoms with Crippen molar-refractivity contribution in [2.24, 2.45) is 0 Å². The van der Waals surface area contributed by atoms with Crippen LogP contribution in [0.3, 0.4) is 0 Å². The van der Waals surface area contributed by atoms with Gasteiger partial charge in [-0.25, -0.2) is 8.78 Å². The Morgan fingerprint density at radius 1 is 1.33 bits per heavy atom. The molecular weight excluding hydrogens is 322 g/mol. The van der Waals surface area contributed by atoms with E-state index in [1.165, 1.54) is 17.4 Å². The average molecular weight is 329 g/mol. The molecule has 2 aromatic rings. The first-order valence-corrected chi connectivity index (χ1v) is 6.58. The van der Waals surface area contributed by atoms with Gasteiger partial charge in [0.1, 0.15) is 22.6 Å². The van der Waals surface area contributed by atoms with Crippen molar-refractivity contribution in [2.45, 2.75) is 6.54 Å². The molecule has 0 saturated carbocycles.